The molecule has 0 bridgehead atoms. The van der Waals surface area contributed by atoms with Gasteiger partial charge in [0.1, 0.15) is 11.0 Å². The highest BCUT2D eigenvalue weighted by molar-refractivity contribution is 5.87. The third-order valence-corrected chi connectivity index (χ3v) is 2.29. The molecule has 1 heterocycles. The Balaban J connectivity index is 2.34. The molecule has 0 aliphatic rings. The minimum absolute atomic E-state index is 0.187. The number of nitrogens with zero attached hydrogens (tertiary/aromatic N) is 3. The maximum atomic E-state index is 11.4. The van der Waals surface area contributed by atoms with Gasteiger partial charge >= 0.3 is 11.9 Å². The summed E-state index contributed by atoms with van der Waals surface area (Å²) in [5.74, 6) is -2.66. The van der Waals surface area contributed by atoms with E-state index in [-0.39, 0.29) is 5.57 Å². The minimum atomic E-state index is -1.95. The fraction of sp³-hybridized carbons (Fsp3) is 0.250. The van der Waals surface area contributed by atoms with Crippen LogP contribution in [0.2, 0.25) is 0 Å². The van der Waals surface area contributed by atoms with Crippen LogP contribution in [-0.4, -0.2) is 26.1 Å². The molecule has 0 radical (unpaired) electrons. The van der Waals surface area contributed by atoms with Gasteiger partial charge < -0.3 is 9.84 Å². The van der Waals surface area contributed by atoms with E-state index in [2.05, 4.69) is 16.8 Å². The number of aliphatic hydroxyl groups is 1. The Morgan fingerprint density at radius 2 is 1.89 bits per heavy atom. The fourth-order valence-electron chi connectivity index (χ4n) is 1.35. The van der Waals surface area contributed by atoms with E-state index in [1.54, 1.807) is 24.3 Å². The molecule has 0 amide bonds. The van der Waals surface area contributed by atoms with E-state index in [1.165, 1.54) is 13.8 Å². The lowest BCUT2D eigenvalue weighted by atomic mass is 10.3. The van der Waals surface area contributed by atoms with Gasteiger partial charge in [-0.15, -0.1) is 15.0 Å². The summed E-state index contributed by atoms with van der Waals surface area (Å²) in [5.41, 5.74) is 1.39. The Bertz CT molecular complexity index is 583. The molecular weight excluding hydrogens is 234 g/mol. The first kappa shape index (κ1) is 12.3. The topological polar surface area (TPSA) is 77.2 Å². The molecule has 0 aliphatic carbocycles. The predicted octanol–water partition coefficient (Wildman–Crippen LogP) is 1.17. The summed E-state index contributed by atoms with van der Waals surface area (Å²) < 4.78 is 4.87. The van der Waals surface area contributed by atoms with Crippen molar-refractivity contribution in [2.75, 3.05) is 0 Å². The molecule has 0 fully saturated rings. The van der Waals surface area contributed by atoms with Gasteiger partial charge in [0.05, 0.1) is 0 Å². The minimum Gasteiger partial charge on any atom is -0.408 e. The van der Waals surface area contributed by atoms with Crippen molar-refractivity contribution in [3.8, 4) is 0 Å². The first-order valence-corrected chi connectivity index (χ1v) is 5.34. The Morgan fingerprint density at radius 3 is 2.33 bits per heavy atom. The van der Waals surface area contributed by atoms with Crippen LogP contribution >= 0.6 is 0 Å². The van der Waals surface area contributed by atoms with Gasteiger partial charge in [-0.3, -0.25) is 0 Å². The molecule has 0 saturated heterocycles. The van der Waals surface area contributed by atoms with Gasteiger partial charge in [-0.1, -0.05) is 18.7 Å². The number of aromatic nitrogens is 3. The van der Waals surface area contributed by atoms with E-state index < -0.39 is 11.9 Å². The van der Waals surface area contributed by atoms with Crippen LogP contribution in [0.15, 0.2) is 36.4 Å². The molecule has 94 valence electrons. The molecule has 6 heteroatoms. The van der Waals surface area contributed by atoms with Crippen LogP contribution in [0.1, 0.15) is 13.8 Å². The maximum absolute atomic E-state index is 11.4. The van der Waals surface area contributed by atoms with Gasteiger partial charge in [-0.25, -0.2) is 4.79 Å². The van der Waals surface area contributed by atoms with Crippen LogP contribution in [-0.2, 0) is 15.4 Å². The largest absolute Gasteiger partial charge is 0.408 e. The molecule has 2 aromatic rings. The average Bonchev–Trinajstić information content (AvgIpc) is 2.72. The maximum Gasteiger partial charge on any atom is 0.337 e. The molecule has 0 spiro atoms. The van der Waals surface area contributed by atoms with Crippen molar-refractivity contribution in [1.82, 2.24) is 15.0 Å². The highest BCUT2D eigenvalue weighted by Gasteiger charge is 2.30. The Labute approximate surface area is 103 Å². The van der Waals surface area contributed by atoms with Crippen LogP contribution in [0.25, 0.3) is 11.0 Å². The summed E-state index contributed by atoms with van der Waals surface area (Å²) in [4.78, 5) is 12.4. The zero-order valence-electron chi connectivity index (χ0n) is 10.1. The number of ether oxygens (including phenoxy) is 1. The van der Waals surface area contributed by atoms with E-state index in [1.807, 2.05) is 0 Å². The first-order chi connectivity index (χ1) is 8.40. The summed E-state index contributed by atoms with van der Waals surface area (Å²) in [6.07, 6.45) is 0. The predicted molar refractivity (Wildman–Crippen MR) is 64.3 cm³/mol. The van der Waals surface area contributed by atoms with Gasteiger partial charge in [0.15, 0.2) is 0 Å². The van der Waals surface area contributed by atoms with Crippen LogP contribution in [0.4, 0.5) is 0 Å². The summed E-state index contributed by atoms with van der Waals surface area (Å²) in [6.45, 7) is 6.22. The number of hydrogen-bond donors (Lipinski definition) is 1. The van der Waals surface area contributed by atoms with Crippen LogP contribution in [0, 0.1) is 0 Å². The van der Waals surface area contributed by atoms with Crippen molar-refractivity contribution < 1.29 is 14.6 Å². The van der Waals surface area contributed by atoms with Gasteiger partial charge in [0.25, 0.3) is 0 Å². The lowest BCUT2D eigenvalue weighted by Gasteiger charge is -2.21. The molecule has 1 aromatic heterocycles. The van der Waals surface area contributed by atoms with E-state index >= 15 is 0 Å². The molecular formula is C12H13N3O3. The van der Waals surface area contributed by atoms with Crippen LogP contribution in [0.3, 0.4) is 0 Å². The van der Waals surface area contributed by atoms with Crippen molar-refractivity contribution in [3.63, 3.8) is 0 Å². The van der Waals surface area contributed by atoms with E-state index in [0.29, 0.717) is 11.0 Å². The summed E-state index contributed by atoms with van der Waals surface area (Å²) in [7, 11) is 0. The summed E-state index contributed by atoms with van der Waals surface area (Å²) in [6, 6.07) is 7.09. The van der Waals surface area contributed by atoms with E-state index in [0.717, 1.165) is 4.80 Å². The zero-order valence-corrected chi connectivity index (χ0v) is 10.1. The number of carbonyl (C=O) groups is 1. The SMILES string of the molecule is C=C(C)C(=O)OC(C)(O)n1nc2ccccc2n1. The molecule has 2 rings (SSSR count). The van der Waals surface area contributed by atoms with Crippen molar-refractivity contribution in [1.29, 1.82) is 0 Å². The Morgan fingerprint density at radius 1 is 1.39 bits per heavy atom. The van der Waals surface area contributed by atoms with Gasteiger partial charge in [-0.2, -0.15) is 0 Å². The number of hydrogen-bond acceptors (Lipinski definition) is 5. The lowest BCUT2D eigenvalue weighted by Crippen LogP contribution is -2.37. The monoisotopic (exact) mass is 247 g/mol. The Kier molecular flexibility index (Phi) is 2.88. The normalized spacial score (nSPS) is 14.2. The summed E-state index contributed by atoms with van der Waals surface area (Å²) in [5, 5.41) is 18.2. The molecule has 1 unspecified atom stereocenters. The van der Waals surface area contributed by atoms with Crippen molar-refractivity contribution in [2.45, 2.75) is 19.8 Å². The van der Waals surface area contributed by atoms with E-state index in [4.69, 9.17) is 4.74 Å². The van der Waals surface area contributed by atoms with Gasteiger partial charge in [0.2, 0.25) is 0 Å². The quantitative estimate of drug-likeness (QED) is 0.500. The lowest BCUT2D eigenvalue weighted by molar-refractivity contribution is -0.249. The van der Waals surface area contributed by atoms with Crippen molar-refractivity contribution in [3.05, 3.63) is 36.4 Å². The molecule has 0 aliphatic heterocycles. The third kappa shape index (κ3) is 2.23. The number of rotatable bonds is 3. The highest BCUT2D eigenvalue weighted by atomic mass is 16.7. The Hall–Kier alpha value is -2.21. The summed E-state index contributed by atoms with van der Waals surface area (Å²) >= 11 is 0. The second-order valence-corrected chi connectivity index (χ2v) is 4.08. The number of benzene rings is 1. The zero-order chi connectivity index (χ0) is 13.3. The van der Waals surface area contributed by atoms with Crippen LogP contribution in [0.5, 0.6) is 0 Å². The fourth-order valence-corrected chi connectivity index (χ4v) is 1.35. The van der Waals surface area contributed by atoms with Crippen molar-refractivity contribution >= 4 is 17.0 Å². The van der Waals surface area contributed by atoms with Crippen LogP contribution < -0.4 is 0 Å². The molecule has 1 N–H and O–H groups in total. The van der Waals surface area contributed by atoms with E-state index in [9.17, 15) is 9.90 Å². The number of fused-ring (bicyclic) bond motifs is 1. The molecule has 1 atom stereocenters. The molecule has 1 aromatic carbocycles. The standard InChI is InChI=1S/C12H13N3O3/c1-8(2)11(16)18-12(3,17)15-13-9-6-4-5-7-10(9)14-15/h4-7,17H,1H2,2-3H3. The third-order valence-electron chi connectivity index (χ3n) is 2.29. The second-order valence-electron chi connectivity index (χ2n) is 4.08. The molecule has 6 nitrogen and oxygen atoms in total. The first-order valence-electron chi connectivity index (χ1n) is 5.34. The molecule has 18 heavy (non-hydrogen) atoms. The average molecular weight is 247 g/mol. The number of esters is 1. The van der Waals surface area contributed by atoms with Gasteiger partial charge in [0, 0.05) is 12.5 Å². The van der Waals surface area contributed by atoms with Gasteiger partial charge in [-0.05, 0) is 19.1 Å². The van der Waals surface area contributed by atoms with Crippen molar-refractivity contribution in [2.24, 2.45) is 0 Å². The smallest absolute Gasteiger partial charge is 0.337 e. The molecule has 0 saturated carbocycles. The highest BCUT2D eigenvalue weighted by Crippen LogP contribution is 2.16. The number of carbonyl (C=O) groups excluding carboxylic acids is 1. The second kappa shape index (κ2) is 4.23.